The Morgan fingerprint density at radius 3 is 1.82 bits per heavy atom. The van der Waals surface area contributed by atoms with Gasteiger partial charge in [0.1, 0.15) is 0 Å². The van der Waals surface area contributed by atoms with Crippen LogP contribution in [0.4, 0.5) is 0 Å². The van der Waals surface area contributed by atoms with Gasteiger partial charge in [-0.1, -0.05) is 58.4 Å². The Hall–Kier alpha value is -0.830. The molecule has 0 spiro atoms. The molecule has 3 nitrogen and oxygen atoms in total. The average molecular weight is 311 g/mol. The molecule has 0 unspecified atom stereocenters. The van der Waals surface area contributed by atoms with Crippen LogP contribution in [0.2, 0.25) is 0 Å². The molecule has 0 radical (unpaired) electrons. The molecule has 0 aromatic rings. The summed E-state index contributed by atoms with van der Waals surface area (Å²) < 4.78 is 0. The first-order valence-electron chi connectivity index (χ1n) is 9.08. The lowest BCUT2D eigenvalue weighted by atomic mass is 10.1. The zero-order valence-corrected chi connectivity index (χ0v) is 15.5. The van der Waals surface area contributed by atoms with Gasteiger partial charge in [-0.25, -0.2) is 0 Å². The first kappa shape index (κ1) is 21.2. The standard InChI is InChI=1S/C19H38N2O/c1-6-7-8-9-10-11-12-13-16-21(19(22)18(2)3)17-14-15-20(4)5/h2,6-17H2,1,3-5H3. The summed E-state index contributed by atoms with van der Waals surface area (Å²) in [6, 6.07) is 0. The van der Waals surface area contributed by atoms with Gasteiger partial charge in [0.2, 0.25) is 5.91 Å². The maximum atomic E-state index is 12.2. The summed E-state index contributed by atoms with van der Waals surface area (Å²) in [5.74, 6) is 0.127. The number of carbonyl (C=O) groups excluding carboxylic acids is 1. The number of amides is 1. The molecule has 0 atom stereocenters. The van der Waals surface area contributed by atoms with Gasteiger partial charge in [0.15, 0.2) is 0 Å². The van der Waals surface area contributed by atoms with Crippen molar-refractivity contribution in [3.8, 4) is 0 Å². The maximum Gasteiger partial charge on any atom is 0.248 e. The summed E-state index contributed by atoms with van der Waals surface area (Å²) >= 11 is 0. The van der Waals surface area contributed by atoms with Crippen LogP contribution in [0.15, 0.2) is 12.2 Å². The molecule has 0 saturated carbocycles. The van der Waals surface area contributed by atoms with E-state index in [0.717, 1.165) is 32.5 Å². The Morgan fingerprint density at radius 1 is 0.818 bits per heavy atom. The molecule has 1 amide bonds. The summed E-state index contributed by atoms with van der Waals surface area (Å²) in [7, 11) is 4.15. The lowest BCUT2D eigenvalue weighted by Crippen LogP contribution is -2.34. The highest BCUT2D eigenvalue weighted by molar-refractivity contribution is 5.92. The smallest absolute Gasteiger partial charge is 0.248 e. The highest BCUT2D eigenvalue weighted by atomic mass is 16.2. The highest BCUT2D eigenvalue weighted by Crippen LogP contribution is 2.10. The number of rotatable bonds is 14. The van der Waals surface area contributed by atoms with Crippen LogP contribution in [0.1, 0.15) is 71.6 Å². The molecule has 0 aliphatic carbocycles. The zero-order valence-electron chi connectivity index (χ0n) is 15.5. The van der Waals surface area contributed by atoms with Crippen molar-refractivity contribution < 1.29 is 4.79 Å². The van der Waals surface area contributed by atoms with Gasteiger partial charge in [-0.15, -0.1) is 0 Å². The predicted molar refractivity (Wildman–Crippen MR) is 97.2 cm³/mol. The second-order valence-corrected chi connectivity index (χ2v) is 6.70. The Balaban J connectivity index is 3.88. The summed E-state index contributed by atoms with van der Waals surface area (Å²) in [5, 5.41) is 0. The lowest BCUT2D eigenvalue weighted by Gasteiger charge is -2.23. The van der Waals surface area contributed by atoms with Crippen LogP contribution >= 0.6 is 0 Å². The van der Waals surface area contributed by atoms with Gasteiger partial charge in [0.05, 0.1) is 0 Å². The van der Waals surface area contributed by atoms with Crippen LogP contribution in [0.25, 0.3) is 0 Å². The fourth-order valence-corrected chi connectivity index (χ4v) is 2.60. The Bertz CT molecular complexity index is 300. The van der Waals surface area contributed by atoms with Gasteiger partial charge >= 0.3 is 0 Å². The third-order valence-electron chi connectivity index (χ3n) is 3.97. The molecule has 22 heavy (non-hydrogen) atoms. The minimum Gasteiger partial charge on any atom is -0.339 e. The number of carbonyl (C=O) groups is 1. The van der Waals surface area contributed by atoms with E-state index in [0.29, 0.717) is 5.57 Å². The van der Waals surface area contributed by atoms with E-state index < -0.39 is 0 Å². The number of unbranched alkanes of at least 4 members (excludes halogenated alkanes) is 7. The summed E-state index contributed by atoms with van der Waals surface area (Å²) in [6.45, 7) is 10.6. The molecule has 0 rings (SSSR count). The van der Waals surface area contributed by atoms with Gasteiger partial charge in [0, 0.05) is 18.7 Å². The fraction of sp³-hybridized carbons (Fsp3) is 0.842. The lowest BCUT2D eigenvalue weighted by molar-refractivity contribution is -0.127. The predicted octanol–water partition coefficient (Wildman–Crippen LogP) is 4.48. The average Bonchev–Trinajstić information content (AvgIpc) is 2.46. The molecule has 0 aromatic heterocycles. The molecule has 0 aromatic carbocycles. The Kier molecular flexibility index (Phi) is 13.3. The molecule has 0 fully saturated rings. The van der Waals surface area contributed by atoms with E-state index in [1.165, 1.54) is 44.9 Å². The van der Waals surface area contributed by atoms with Crippen LogP contribution in [-0.2, 0) is 4.79 Å². The molecule has 3 heteroatoms. The molecule has 0 heterocycles. The van der Waals surface area contributed by atoms with Crippen LogP contribution in [0, 0.1) is 0 Å². The van der Waals surface area contributed by atoms with Crippen molar-refractivity contribution in [1.29, 1.82) is 0 Å². The van der Waals surface area contributed by atoms with Gasteiger partial charge in [0.25, 0.3) is 0 Å². The first-order valence-corrected chi connectivity index (χ1v) is 9.08. The molecular formula is C19H38N2O. The largest absolute Gasteiger partial charge is 0.339 e. The van der Waals surface area contributed by atoms with Gasteiger partial charge < -0.3 is 9.80 Å². The number of nitrogens with zero attached hydrogens (tertiary/aromatic N) is 2. The monoisotopic (exact) mass is 310 g/mol. The third kappa shape index (κ3) is 11.8. The van der Waals surface area contributed by atoms with Crippen LogP contribution in [0.3, 0.4) is 0 Å². The SMILES string of the molecule is C=C(C)C(=O)N(CCCCCCCCCC)CCCN(C)C. The van der Waals surface area contributed by atoms with Crippen molar-refractivity contribution in [3.05, 3.63) is 12.2 Å². The summed E-state index contributed by atoms with van der Waals surface area (Å²) in [4.78, 5) is 16.3. The Morgan fingerprint density at radius 2 is 1.32 bits per heavy atom. The number of hydrogen-bond donors (Lipinski definition) is 0. The van der Waals surface area contributed by atoms with Crippen LogP contribution < -0.4 is 0 Å². The maximum absolute atomic E-state index is 12.2. The van der Waals surface area contributed by atoms with E-state index in [-0.39, 0.29) is 5.91 Å². The molecule has 0 aliphatic rings. The zero-order chi connectivity index (χ0) is 16.8. The second-order valence-electron chi connectivity index (χ2n) is 6.70. The number of hydrogen-bond acceptors (Lipinski definition) is 2. The van der Waals surface area contributed by atoms with E-state index in [1.807, 2.05) is 11.8 Å². The van der Waals surface area contributed by atoms with Crippen LogP contribution in [0.5, 0.6) is 0 Å². The second kappa shape index (κ2) is 13.8. The molecule has 0 aliphatic heterocycles. The van der Waals surface area contributed by atoms with Crippen molar-refractivity contribution >= 4 is 5.91 Å². The van der Waals surface area contributed by atoms with Crippen LogP contribution in [-0.4, -0.2) is 49.4 Å². The van der Waals surface area contributed by atoms with Crippen molar-refractivity contribution in [2.45, 2.75) is 71.6 Å². The molecule has 0 N–H and O–H groups in total. The summed E-state index contributed by atoms with van der Waals surface area (Å²) in [6.07, 6.45) is 11.5. The van der Waals surface area contributed by atoms with Crippen molar-refractivity contribution in [1.82, 2.24) is 9.80 Å². The van der Waals surface area contributed by atoms with Crippen molar-refractivity contribution in [2.24, 2.45) is 0 Å². The van der Waals surface area contributed by atoms with E-state index in [2.05, 4.69) is 32.5 Å². The minimum absolute atomic E-state index is 0.127. The van der Waals surface area contributed by atoms with E-state index in [1.54, 1.807) is 0 Å². The van der Waals surface area contributed by atoms with Crippen molar-refractivity contribution in [2.75, 3.05) is 33.7 Å². The fourth-order valence-electron chi connectivity index (χ4n) is 2.60. The normalized spacial score (nSPS) is 11.0. The first-order chi connectivity index (χ1) is 10.5. The summed E-state index contributed by atoms with van der Waals surface area (Å²) in [5.41, 5.74) is 0.657. The molecule has 0 saturated heterocycles. The Labute approximate surface area is 138 Å². The quantitative estimate of drug-likeness (QED) is 0.349. The van der Waals surface area contributed by atoms with Gasteiger partial charge in [-0.05, 0) is 40.4 Å². The van der Waals surface area contributed by atoms with Gasteiger partial charge in [-0.2, -0.15) is 0 Å². The third-order valence-corrected chi connectivity index (χ3v) is 3.97. The molecule has 130 valence electrons. The van der Waals surface area contributed by atoms with E-state index in [9.17, 15) is 4.79 Å². The van der Waals surface area contributed by atoms with Gasteiger partial charge in [-0.3, -0.25) is 4.79 Å². The van der Waals surface area contributed by atoms with E-state index in [4.69, 9.17) is 0 Å². The highest BCUT2D eigenvalue weighted by Gasteiger charge is 2.13. The van der Waals surface area contributed by atoms with E-state index >= 15 is 0 Å². The topological polar surface area (TPSA) is 23.6 Å². The molecular weight excluding hydrogens is 272 g/mol. The molecule has 0 bridgehead atoms. The minimum atomic E-state index is 0.127. The van der Waals surface area contributed by atoms with Crippen molar-refractivity contribution in [3.63, 3.8) is 0 Å².